The van der Waals surface area contributed by atoms with Crippen molar-refractivity contribution in [3.63, 3.8) is 0 Å². The monoisotopic (exact) mass is 245 g/mol. The Bertz CT molecular complexity index is 506. The first kappa shape index (κ1) is 12.7. The molecule has 5 heteroatoms. The van der Waals surface area contributed by atoms with Crippen molar-refractivity contribution in [1.29, 1.82) is 0 Å². The SMILES string of the molecule is CCCn1ccnc1C(NN)c1ncccc1C. The molecule has 18 heavy (non-hydrogen) atoms. The van der Waals surface area contributed by atoms with E-state index in [1.807, 2.05) is 25.3 Å². The predicted molar refractivity (Wildman–Crippen MR) is 70.7 cm³/mol. The van der Waals surface area contributed by atoms with Crippen molar-refractivity contribution < 1.29 is 0 Å². The molecular weight excluding hydrogens is 226 g/mol. The van der Waals surface area contributed by atoms with E-state index in [0.29, 0.717) is 0 Å². The summed E-state index contributed by atoms with van der Waals surface area (Å²) >= 11 is 0. The highest BCUT2D eigenvalue weighted by atomic mass is 15.3. The van der Waals surface area contributed by atoms with Crippen LogP contribution in [0.2, 0.25) is 0 Å². The number of nitrogens with zero attached hydrogens (tertiary/aromatic N) is 3. The van der Waals surface area contributed by atoms with Crippen LogP contribution in [-0.4, -0.2) is 14.5 Å². The Kier molecular flexibility index (Phi) is 4.07. The minimum atomic E-state index is -0.173. The number of rotatable bonds is 5. The van der Waals surface area contributed by atoms with E-state index in [4.69, 9.17) is 5.84 Å². The maximum atomic E-state index is 5.69. The molecule has 2 aromatic heterocycles. The zero-order valence-corrected chi connectivity index (χ0v) is 10.8. The zero-order valence-electron chi connectivity index (χ0n) is 10.8. The normalized spacial score (nSPS) is 12.6. The first-order chi connectivity index (χ1) is 8.77. The van der Waals surface area contributed by atoms with Gasteiger partial charge in [0.25, 0.3) is 0 Å². The molecule has 0 aliphatic rings. The zero-order chi connectivity index (χ0) is 13.0. The Morgan fingerprint density at radius 2 is 2.22 bits per heavy atom. The molecule has 0 aromatic carbocycles. The van der Waals surface area contributed by atoms with Gasteiger partial charge in [-0.2, -0.15) is 0 Å². The third-order valence-corrected chi connectivity index (χ3v) is 2.96. The summed E-state index contributed by atoms with van der Waals surface area (Å²) in [6.07, 6.45) is 6.61. The second-order valence-electron chi connectivity index (χ2n) is 4.28. The Morgan fingerprint density at radius 3 is 2.89 bits per heavy atom. The third kappa shape index (κ3) is 2.42. The van der Waals surface area contributed by atoms with Crippen molar-refractivity contribution in [2.24, 2.45) is 5.84 Å². The highest BCUT2D eigenvalue weighted by Gasteiger charge is 2.20. The Balaban J connectivity index is 2.39. The van der Waals surface area contributed by atoms with Crippen LogP contribution in [0, 0.1) is 6.92 Å². The number of aromatic nitrogens is 3. The fraction of sp³-hybridized carbons (Fsp3) is 0.385. The van der Waals surface area contributed by atoms with E-state index in [1.54, 1.807) is 12.4 Å². The van der Waals surface area contributed by atoms with E-state index in [-0.39, 0.29) is 6.04 Å². The summed E-state index contributed by atoms with van der Waals surface area (Å²) < 4.78 is 2.11. The standard InChI is InChI=1S/C13H19N5/c1-3-8-18-9-7-16-13(18)12(17-14)11-10(2)5-4-6-15-11/h4-7,9,12,17H,3,8,14H2,1-2H3. The first-order valence-electron chi connectivity index (χ1n) is 6.16. The molecule has 0 bridgehead atoms. The first-order valence-corrected chi connectivity index (χ1v) is 6.16. The fourth-order valence-electron chi connectivity index (χ4n) is 2.09. The minimum absolute atomic E-state index is 0.173. The van der Waals surface area contributed by atoms with E-state index >= 15 is 0 Å². The molecule has 0 saturated carbocycles. The van der Waals surface area contributed by atoms with Crippen LogP contribution in [0.3, 0.4) is 0 Å². The van der Waals surface area contributed by atoms with Gasteiger partial charge in [-0.25, -0.2) is 10.4 Å². The van der Waals surface area contributed by atoms with Gasteiger partial charge in [-0.3, -0.25) is 10.8 Å². The molecule has 96 valence electrons. The van der Waals surface area contributed by atoms with Gasteiger partial charge < -0.3 is 4.57 Å². The van der Waals surface area contributed by atoms with Crippen LogP contribution < -0.4 is 11.3 Å². The highest BCUT2D eigenvalue weighted by Crippen LogP contribution is 2.21. The van der Waals surface area contributed by atoms with Gasteiger partial charge in [0, 0.05) is 25.1 Å². The van der Waals surface area contributed by atoms with Gasteiger partial charge in [0.15, 0.2) is 0 Å². The van der Waals surface area contributed by atoms with Crippen LogP contribution in [0.15, 0.2) is 30.7 Å². The number of nitrogens with one attached hydrogen (secondary N) is 1. The molecule has 3 N–H and O–H groups in total. The molecule has 0 spiro atoms. The Morgan fingerprint density at radius 1 is 1.39 bits per heavy atom. The molecule has 1 atom stereocenters. The topological polar surface area (TPSA) is 68.8 Å². The predicted octanol–water partition coefficient (Wildman–Crippen LogP) is 1.55. The quantitative estimate of drug-likeness (QED) is 0.619. The molecule has 0 aliphatic heterocycles. The summed E-state index contributed by atoms with van der Waals surface area (Å²) in [6, 6.07) is 3.78. The summed E-state index contributed by atoms with van der Waals surface area (Å²) in [7, 11) is 0. The van der Waals surface area contributed by atoms with Gasteiger partial charge >= 0.3 is 0 Å². The minimum Gasteiger partial charge on any atom is -0.333 e. The maximum absolute atomic E-state index is 5.69. The molecule has 0 amide bonds. The number of nitrogens with two attached hydrogens (primary N) is 1. The highest BCUT2D eigenvalue weighted by molar-refractivity contribution is 5.26. The molecule has 0 fully saturated rings. The molecule has 2 aromatic rings. The Labute approximate surface area is 107 Å². The van der Waals surface area contributed by atoms with Crippen LogP contribution in [0.25, 0.3) is 0 Å². The number of hydrogen-bond acceptors (Lipinski definition) is 4. The van der Waals surface area contributed by atoms with Gasteiger partial charge in [-0.1, -0.05) is 13.0 Å². The van der Waals surface area contributed by atoms with Gasteiger partial charge in [0.1, 0.15) is 11.9 Å². The molecular formula is C13H19N5. The van der Waals surface area contributed by atoms with Gasteiger partial charge in [-0.05, 0) is 25.0 Å². The van der Waals surface area contributed by atoms with Crippen molar-refractivity contribution in [1.82, 2.24) is 20.0 Å². The average molecular weight is 245 g/mol. The van der Waals surface area contributed by atoms with E-state index in [1.165, 1.54) is 0 Å². The van der Waals surface area contributed by atoms with Crippen molar-refractivity contribution in [2.75, 3.05) is 0 Å². The van der Waals surface area contributed by atoms with E-state index in [9.17, 15) is 0 Å². The number of hydrazine groups is 1. The van der Waals surface area contributed by atoms with Crippen LogP contribution in [0.5, 0.6) is 0 Å². The molecule has 0 saturated heterocycles. The van der Waals surface area contributed by atoms with Crippen molar-refractivity contribution in [3.05, 3.63) is 47.8 Å². The molecule has 0 radical (unpaired) electrons. The van der Waals surface area contributed by atoms with Crippen molar-refractivity contribution in [3.8, 4) is 0 Å². The van der Waals surface area contributed by atoms with Crippen molar-refractivity contribution in [2.45, 2.75) is 32.9 Å². The summed E-state index contributed by atoms with van der Waals surface area (Å²) in [5.74, 6) is 6.59. The lowest BCUT2D eigenvalue weighted by molar-refractivity contribution is 0.534. The number of hydrogen-bond donors (Lipinski definition) is 2. The molecule has 1 unspecified atom stereocenters. The van der Waals surface area contributed by atoms with Gasteiger partial charge in [0.05, 0.1) is 5.69 Å². The van der Waals surface area contributed by atoms with E-state index in [2.05, 4.69) is 26.9 Å². The van der Waals surface area contributed by atoms with Crippen LogP contribution in [0.1, 0.15) is 36.5 Å². The summed E-state index contributed by atoms with van der Waals surface area (Å²) in [5.41, 5.74) is 4.84. The number of imidazole rings is 1. The molecule has 2 heterocycles. The lowest BCUT2D eigenvalue weighted by Gasteiger charge is -2.18. The molecule has 0 aliphatic carbocycles. The largest absolute Gasteiger partial charge is 0.333 e. The van der Waals surface area contributed by atoms with Crippen LogP contribution in [0.4, 0.5) is 0 Å². The smallest absolute Gasteiger partial charge is 0.133 e. The molecule has 5 nitrogen and oxygen atoms in total. The number of aryl methyl sites for hydroxylation is 2. The Hall–Kier alpha value is -1.72. The maximum Gasteiger partial charge on any atom is 0.133 e. The fourth-order valence-corrected chi connectivity index (χ4v) is 2.09. The van der Waals surface area contributed by atoms with Crippen molar-refractivity contribution >= 4 is 0 Å². The van der Waals surface area contributed by atoms with Crippen LogP contribution >= 0.6 is 0 Å². The second kappa shape index (κ2) is 5.75. The summed E-state index contributed by atoms with van der Waals surface area (Å²) in [5, 5.41) is 0. The molecule has 2 rings (SSSR count). The summed E-state index contributed by atoms with van der Waals surface area (Å²) in [4.78, 5) is 8.81. The van der Waals surface area contributed by atoms with E-state index in [0.717, 1.165) is 30.0 Å². The lowest BCUT2D eigenvalue weighted by Crippen LogP contribution is -2.32. The summed E-state index contributed by atoms with van der Waals surface area (Å²) in [6.45, 7) is 5.10. The lowest BCUT2D eigenvalue weighted by atomic mass is 10.1. The third-order valence-electron chi connectivity index (χ3n) is 2.96. The van der Waals surface area contributed by atoms with E-state index < -0.39 is 0 Å². The van der Waals surface area contributed by atoms with Gasteiger partial charge in [0.2, 0.25) is 0 Å². The van der Waals surface area contributed by atoms with Crippen LogP contribution in [-0.2, 0) is 6.54 Å². The van der Waals surface area contributed by atoms with Gasteiger partial charge in [-0.15, -0.1) is 0 Å². The second-order valence-corrected chi connectivity index (χ2v) is 4.28. The average Bonchev–Trinajstić information content (AvgIpc) is 2.82. The number of pyridine rings is 1.